The zero-order chi connectivity index (χ0) is 28.0. The van der Waals surface area contributed by atoms with Crippen LogP contribution in [0.5, 0.6) is 11.5 Å². The molecule has 9 nitrogen and oxygen atoms in total. The maximum Gasteiger partial charge on any atom is 0.242 e. The van der Waals surface area contributed by atoms with E-state index >= 15 is 0 Å². The predicted molar refractivity (Wildman–Crippen MR) is 145 cm³/mol. The van der Waals surface area contributed by atoms with Crippen molar-refractivity contribution < 1.29 is 31.9 Å². The summed E-state index contributed by atoms with van der Waals surface area (Å²) in [6, 6.07) is 10.3. The minimum atomic E-state index is -3.66. The summed E-state index contributed by atoms with van der Waals surface area (Å²) in [5, 5.41) is 3.05. The van der Waals surface area contributed by atoms with Gasteiger partial charge in [0.15, 0.2) is 11.5 Å². The molecule has 0 spiro atoms. The molecule has 0 bridgehead atoms. The van der Waals surface area contributed by atoms with E-state index in [1.54, 1.807) is 43.3 Å². The van der Waals surface area contributed by atoms with E-state index in [1.165, 1.54) is 15.3 Å². The smallest absolute Gasteiger partial charge is 0.242 e. The number of fused-ring (bicyclic) bond motifs is 1. The average Bonchev–Trinajstić information content (AvgIpc) is 3.38. The Kier molecular flexibility index (Phi) is 9.32. The highest BCUT2D eigenvalue weighted by Gasteiger charge is 2.29. The molecule has 0 radical (unpaired) electrons. The maximum atomic E-state index is 14.5. The number of anilines is 1. The molecule has 1 N–H and O–H groups in total. The first kappa shape index (κ1) is 28.7. The van der Waals surface area contributed by atoms with Gasteiger partial charge >= 0.3 is 0 Å². The van der Waals surface area contributed by atoms with Crippen molar-refractivity contribution in [3.8, 4) is 11.5 Å². The number of carbonyl (C=O) groups excluding carboxylic acids is 2. The molecule has 1 aliphatic heterocycles. The number of amides is 2. The summed E-state index contributed by atoms with van der Waals surface area (Å²) in [5.41, 5.74) is 0.707. The second kappa shape index (κ2) is 12.7. The van der Waals surface area contributed by atoms with Gasteiger partial charge in [0.25, 0.3) is 0 Å². The Morgan fingerprint density at radius 1 is 1.08 bits per heavy atom. The second-order valence-corrected chi connectivity index (χ2v) is 12.0. The Hall–Kier alpha value is -3.34. The lowest BCUT2D eigenvalue weighted by atomic mass is 9.95. The Balaban J connectivity index is 1.45. The van der Waals surface area contributed by atoms with Crippen LogP contribution in [0.4, 0.5) is 10.1 Å². The molecular weight excluding hydrogens is 525 g/mol. The molecule has 2 aromatic carbocycles. The number of halogens is 1. The molecule has 1 atom stereocenters. The van der Waals surface area contributed by atoms with Crippen molar-refractivity contribution in [2.45, 2.75) is 70.5 Å². The van der Waals surface area contributed by atoms with Crippen LogP contribution in [0.15, 0.2) is 42.5 Å². The standard InChI is InChI=1S/C28H36FN3O6S/c1-20(28(34)30-22-10-4-3-5-11-22)31(18-21-9-6-7-12-24(21)29)27(33)13-8-16-32(39(2,35)36)23-14-15-25-26(17-23)38-19-37-25/h6-7,9,12,14-15,17,20,22H,3-5,8,10-11,13,16,18-19H2,1-2H3,(H,30,34)/t20-/m0/s1. The van der Waals surface area contributed by atoms with Crippen LogP contribution in [-0.2, 0) is 26.2 Å². The number of nitrogens with one attached hydrogen (secondary N) is 1. The minimum Gasteiger partial charge on any atom is -0.454 e. The number of rotatable bonds is 11. The van der Waals surface area contributed by atoms with E-state index in [0.29, 0.717) is 22.7 Å². The highest BCUT2D eigenvalue weighted by Crippen LogP contribution is 2.36. The summed E-state index contributed by atoms with van der Waals surface area (Å²) in [5.74, 6) is -0.104. The summed E-state index contributed by atoms with van der Waals surface area (Å²) >= 11 is 0. The molecule has 1 saturated carbocycles. The normalized spacial score (nSPS) is 16.0. The van der Waals surface area contributed by atoms with Gasteiger partial charge in [0, 0.05) is 37.2 Å². The van der Waals surface area contributed by atoms with Crippen LogP contribution in [0.2, 0.25) is 0 Å². The molecule has 4 rings (SSSR count). The van der Waals surface area contributed by atoms with Gasteiger partial charge in [-0.1, -0.05) is 37.5 Å². The fourth-order valence-electron chi connectivity index (χ4n) is 5.01. The first-order valence-electron chi connectivity index (χ1n) is 13.3. The summed E-state index contributed by atoms with van der Waals surface area (Å²) in [4.78, 5) is 27.9. The molecular formula is C28H36FN3O6S. The Labute approximate surface area is 229 Å². The lowest BCUT2D eigenvalue weighted by Gasteiger charge is -2.31. The van der Waals surface area contributed by atoms with Crippen molar-refractivity contribution in [3.63, 3.8) is 0 Å². The highest BCUT2D eigenvalue weighted by atomic mass is 32.2. The van der Waals surface area contributed by atoms with Gasteiger partial charge in [-0.15, -0.1) is 0 Å². The molecule has 2 aromatic rings. The lowest BCUT2D eigenvalue weighted by Crippen LogP contribution is -2.50. The van der Waals surface area contributed by atoms with Gasteiger partial charge in [0.1, 0.15) is 11.9 Å². The van der Waals surface area contributed by atoms with Crippen molar-refractivity contribution in [2.24, 2.45) is 0 Å². The topological polar surface area (TPSA) is 105 Å². The molecule has 1 fully saturated rings. The lowest BCUT2D eigenvalue weighted by molar-refractivity contribution is -0.141. The molecule has 1 heterocycles. The molecule has 11 heteroatoms. The van der Waals surface area contributed by atoms with Crippen LogP contribution in [0.25, 0.3) is 0 Å². The quantitative estimate of drug-likeness (QED) is 0.445. The SMILES string of the molecule is C[C@@H](C(=O)NC1CCCCC1)N(Cc1ccccc1F)C(=O)CCCN(c1ccc2c(c1)OCO2)S(C)(=O)=O. The summed E-state index contributed by atoms with van der Waals surface area (Å²) in [6.07, 6.45) is 6.34. The average molecular weight is 562 g/mol. The van der Waals surface area contributed by atoms with E-state index in [-0.39, 0.29) is 50.6 Å². The third-order valence-corrected chi connectivity index (χ3v) is 8.41. The number of nitrogens with zero attached hydrogens (tertiary/aromatic N) is 2. The van der Waals surface area contributed by atoms with E-state index in [0.717, 1.165) is 38.4 Å². The van der Waals surface area contributed by atoms with E-state index < -0.39 is 21.9 Å². The largest absolute Gasteiger partial charge is 0.454 e. The van der Waals surface area contributed by atoms with Crippen LogP contribution in [0.1, 0.15) is 57.4 Å². The van der Waals surface area contributed by atoms with Crippen molar-refractivity contribution in [1.82, 2.24) is 10.2 Å². The van der Waals surface area contributed by atoms with Crippen LogP contribution in [0, 0.1) is 5.82 Å². The van der Waals surface area contributed by atoms with E-state index in [1.807, 2.05) is 0 Å². The Bertz CT molecular complexity index is 1280. The van der Waals surface area contributed by atoms with Gasteiger partial charge in [0.05, 0.1) is 11.9 Å². The number of carbonyl (C=O) groups is 2. The van der Waals surface area contributed by atoms with Gasteiger partial charge in [0.2, 0.25) is 28.6 Å². The number of benzene rings is 2. The van der Waals surface area contributed by atoms with E-state index in [2.05, 4.69) is 5.32 Å². The molecule has 2 aliphatic rings. The zero-order valence-electron chi connectivity index (χ0n) is 22.4. The molecule has 1 aliphatic carbocycles. The monoisotopic (exact) mass is 561 g/mol. The third-order valence-electron chi connectivity index (χ3n) is 7.21. The van der Waals surface area contributed by atoms with Crippen LogP contribution >= 0.6 is 0 Å². The van der Waals surface area contributed by atoms with Gasteiger partial charge < -0.3 is 19.7 Å². The minimum absolute atomic E-state index is 0.0218. The second-order valence-electron chi connectivity index (χ2n) is 10.1. The molecule has 0 aromatic heterocycles. The summed E-state index contributed by atoms with van der Waals surface area (Å²) < 4.78 is 51.5. The Morgan fingerprint density at radius 2 is 1.79 bits per heavy atom. The van der Waals surface area contributed by atoms with E-state index in [4.69, 9.17) is 9.47 Å². The highest BCUT2D eigenvalue weighted by molar-refractivity contribution is 7.92. The first-order chi connectivity index (χ1) is 18.6. The van der Waals surface area contributed by atoms with Crippen molar-refractivity contribution in [3.05, 3.63) is 53.8 Å². The number of ether oxygens (including phenoxy) is 2. The van der Waals surface area contributed by atoms with Crippen molar-refractivity contribution in [1.29, 1.82) is 0 Å². The predicted octanol–water partition coefficient (Wildman–Crippen LogP) is 3.97. The molecule has 2 amide bonds. The summed E-state index contributed by atoms with van der Waals surface area (Å²) in [7, 11) is -3.66. The maximum absolute atomic E-state index is 14.5. The fraction of sp³-hybridized carbons (Fsp3) is 0.500. The Morgan fingerprint density at radius 3 is 2.51 bits per heavy atom. The van der Waals surface area contributed by atoms with Gasteiger partial charge in [-0.3, -0.25) is 13.9 Å². The van der Waals surface area contributed by atoms with Gasteiger partial charge in [-0.25, -0.2) is 12.8 Å². The molecule has 0 unspecified atom stereocenters. The van der Waals surface area contributed by atoms with Gasteiger partial charge in [-0.2, -0.15) is 0 Å². The van der Waals surface area contributed by atoms with Crippen molar-refractivity contribution in [2.75, 3.05) is 23.9 Å². The van der Waals surface area contributed by atoms with Crippen LogP contribution < -0.4 is 19.1 Å². The van der Waals surface area contributed by atoms with Crippen molar-refractivity contribution >= 4 is 27.5 Å². The summed E-state index contributed by atoms with van der Waals surface area (Å²) in [6.45, 7) is 1.69. The number of sulfonamides is 1. The molecule has 39 heavy (non-hydrogen) atoms. The van der Waals surface area contributed by atoms with Crippen LogP contribution in [-0.4, -0.2) is 56.8 Å². The van der Waals surface area contributed by atoms with Crippen LogP contribution in [0.3, 0.4) is 0 Å². The molecule has 212 valence electrons. The van der Waals surface area contributed by atoms with E-state index in [9.17, 15) is 22.4 Å². The number of hydrogen-bond donors (Lipinski definition) is 1. The first-order valence-corrected chi connectivity index (χ1v) is 15.2. The fourth-order valence-corrected chi connectivity index (χ4v) is 5.96. The number of hydrogen-bond acceptors (Lipinski definition) is 6. The third kappa shape index (κ3) is 7.40. The molecule has 0 saturated heterocycles. The zero-order valence-corrected chi connectivity index (χ0v) is 23.2. The van der Waals surface area contributed by atoms with Gasteiger partial charge in [-0.05, 0) is 44.4 Å².